The number of halogens is 1. The molecule has 22 heavy (non-hydrogen) atoms. The van der Waals surface area contributed by atoms with Gasteiger partial charge in [0, 0.05) is 17.2 Å². The summed E-state index contributed by atoms with van der Waals surface area (Å²) in [6.07, 6.45) is -0.0780. The minimum absolute atomic E-state index is 0.122. The van der Waals surface area contributed by atoms with Crippen molar-refractivity contribution < 1.29 is 14.3 Å². The van der Waals surface area contributed by atoms with Gasteiger partial charge >= 0.3 is 0 Å². The second-order valence-electron chi connectivity index (χ2n) is 5.84. The molecule has 1 aliphatic rings. The van der Waals surface area contributed by atoms with E-state index in [1.165, 1.54) is 24.3 Å². The topological polar surface area (TPSA) is 40.5 Å². The minimum atomic E-state index is -0.567. The number of hydrogen-bond donors (Lipinski definition) is 1. The van der Waals surface area contributed by atoms with Gasteiger partial charge in [-0.05, 0) is 50.6 Å². The predicted octanol–water partition coefficient (Wildman–Crippen LogP) is 3.61. The van der Waals surface area contributed by atoms with Crippen molar-refractivity contribution in [3.05, 3.63) is 65.0 Å². The monoisotopic (exact) mass is 299 g/mol. The molecule has 0 radical (unpaired) electrons. The van der Waals surface area contributed by atoms with Crippen molar-refractivity contribution >= 4 is 11.6 Å². The Morgan fingerprint density at radius 3 is 2.59 bits per heavy atom. The zero-order valence-electron chi connectivity index (χ0n) is 12.6. The van der Waals surface area contributed by atoms with E-state index in [1.54, 1.807) is 4.90 Å². The highest BCUT2D eigenvalue weighted by Crippen LogP contribution is 2.38. The summed E-state index contributed by atoms with van der Waals surface area (Å²) in [7, 11) is 0. The van der Waals surface area contributed by atoms with E-state index in [2.05, 4.69) is 0 Å². The van der Waals surface area contributed by atoms with Crippen molar-refractivity contribution in [2.45, 2.75) is 32.4 Å². The molecular weight excluding hydrogens is 281 g/mol. The number of carbonyl (C=O) groups is 1. The molecule has 2 aromatic rings. The Bertz CT molecular complexity index is 712. The molecular formula is C18H18FNO2. The molecule has 1 heterocycles. The van der Waals surface area contributed by atoms with E-state index in [9.17, 15) is 14.3 Å². The lowest BCUT2D eigenvalue weighted by atomic mass is 9.92. The number of aliphatic hydroxyl groups excluding tert-OH is 1. The van der Waals surface area contributed by atoms with Crippen molar-refractivity contribution in [2.24, 2.45) is 0 Å². The Morgan fingerprint density at radius 1 is 1.23 bits per heavy atom. The molecule has 0 unspecified atom stereocenters. The lowest BCUT2D eigenvalue weighted by molar-refractivity contribution is 0.0949. The van der Waals surface area contributed by atoms with Crippen molar-refractivity contribution in [2.75, 3.05) is 4.90 Å². The van der Waals surface area contributed by atoms with Crippen molar-refractivity contribution in [1.29, 1.82) is 0 Å². The predicted molar refractivity (Wildman–Crippen MR) is 83.4 cm³/mol. The van der Waals surface area contributed by atoms with Gasteiger partial charge in [0.25, 0.3) is 5.91 Å². The first-order valence-electron chi connectivity index (χ1n) is 7.35. The molecule has 2 atom stereocenters. The van der Waals surface area contributed by atoms with Gasteiger partial charge in [-0.2, -0.15) is 0 Å². The largest absolute Gasteiger partial charge is 0.388 e. The van der Waals surface area contributed by atoms with Crippen LogP contribution in [0.5, 0.6) is 0 Å². The minimum Gasteiger partial charge on any atom is -0.388 e. The smallest absolute Gasteiger partial charge is 0.258 e. The first-order valence-corrected chi connectivity index (χ1v) is 7.35. The molecule has 0 spiro atoms. The van der Waals surface area contributed by atoms with Gasteiger partial charge in [-0.25, -0.2) is 4.39 Å². The van der Waals surface area contributed by atoms with E-state index >= 15 is 0 Å². The first kappa shape index (κ1) is 14.7. The fourth-order valence-electron chi connectivity index (χ4n) is 2.99. The number of anilines is 1. The Balaban J connectivity index is 2.04. The number of rotatable bonds is 1. The summed E-state index contributed by atoms with van der Waals surface area (Å²) in [4.78, 5) is 14.5. The molecule has 0 fully saturated rings. The van der Waals surface area contributed by atoms with Crippen LogP contribution in [0.3, 0.4) is 0 Å². The molecule has 0 aromatic heterocycles. The van der Waals surface area contributed by atoms with E-state index in [1.807, 2.05) is 32.0 Å². The number of hydrogen-bond acceptors (Lipinski definition) is 2. The standard InChI is InChI=1S/C18H18FNO2/c1-11-3-8-16-15(9-11)17(21)10-12(2)20(16)18(22)13-4-6-14(19)7-5-13/h3-9,12,17,21H,10H2,1-2H3/t12-,17-/m1/s1. The second-order valence-corrected chi connectivity index (χ2v) is 5.84. The van der Waals surface area contributed by atoms with E-state index in [0.29, 0.717) is 12.0 Å². The summed E-state index contributed by atoms with van der Waals surface area (Å²) < 4.78 is 13.0. The zero-order valence-corrected chi connectivity index (χ0v) is 12.6. The molecule has 0 saturated heterocycles. The molecule has 4 heteroatoms. The fraction of sp³-hybridized carbons (Fsp3) is 0.278. The average Bonchev–Trinajstić information content (AvgIpc) is 2.48. The SMILES string of the molecule is Cc1ccc2c(c1)[C@H](O)C[C@@H](C)N2C(=O)c1ccc(F)cc1. The van der Waals surface area contributed by atoms with Gasteiger partial charge in [0.1, 0.15) is 5.82 Å². The van der Waals surface area contributed by atoms with E-state index < -0.39 is 6.10 Å². The number of nitrogens with zero attached hydrogens (tertiary/aromatic N) is 1. The van der Waals surface area contributed by atoms with Crippen LogP contribution in [0.1, 0.15) is 40.9 Å². The average molecular weight is 299 g/mol. The third-order valence-corrected chi connectivity index (χ3v) is 4.12. The van der Waals surface area contributed by atoms with Crippen LogP contribution in [-0.2, 0) is 0 Å². The summed E-state index contributed by atoms with van der Waals surface area (Å²) in [5.41, 5.74) is 2.98. The Hall–Kier alpha value is -2.20. The van der Waals surface area contributed by atoms with Gasteiger partial charge in [0.05, 0.1) is 11.8 Å². The zero-order chi connectivity index (χ0) is 15.9. The van der Waals surface area contributed by atoms with E-state index in [-0.39, 0.29) is 17.8 Å². The quantitative estimate of drug-likeness (QED) is 0.874. The van der Waals surface area contributed by atoms with Crippen LogP contribution < -0.4 is 4.90 Å². The molecule has 3 nitrogen and oxygen atoms in total. The van der Waals surface area contributed by atoms with Crippen LogP contribution in [-0.4, -0.2) is 17.1 Å². The third-order valence-electron chi connectivity index (χ3n) is 4.12. The summed E-state index contributed by atoms with van der Waals surface area (Å²) in [5.74, 6) is -0.542. The summed E-state index contributed by atoms with van der Waals surface area (Å²) in [6.45, 7) is 3.87. The van der Waals surface area contributed by atoms with Crippen LogP contribution in [0.15, 0.2) is 42.5 Å². The Kier molecular flexibility index (Phi) is 3.71. The van der Waals surface area contributed by atoms with Crippen LogP contribution in [0.2, 0.25) is 0 Å². The maximum absolute atomic E-state index is 13.0. The molecule has 114 valence electrons. The van der Waals surface area contributed by atoms with E-state index in [0.717, 1.165) is 16.8 Å². The molecule has 1 N–H and O–H groups in total. The number of aryl methyl sites for hydroxylation is 1. The second kappa shape index (κ2) is 5.54. The first-order chi connectivity index (χ1) is 10.5. The van der Waals surface area contributed by atoms with E-state index in [4.69, 9.17) is 0 Å². The Morgan fingerprint density at radius 2 is 1.91 bits per heavy atom. The molecule has 3 rings (SSSR count). The van der Waals surface area contributed by atoms with Gasteiger partial charge in [-0.1, -0.05) is 17.7 Å². The lowest BCUT2D eigenvalue weighted by Gasteiger charge is -2.38. The highest BCUT2D eigenvalue weighted by Gasteiger charge is 2.33. The summed E-state index contributed by atoms with van der Waals surface area (Å²) >= 11 is 0. The number of benzene rings is 2. The van der Waals surface area contributed by atoms with Crippen LogP contribution in [0.4, 0.5) is 10.1 Å². The maximum Gasteiger partial charge on any atom is 0.258 e. The molecule has 0 bridgehead atoms. The van der Waals surface area contributed by atoms with Crippen molar-refractivity contribution in [3.63, 3.8) is 0 Å². The maximum atomic E-state index is 13.0. The van der Waals surface area contributed by atoms with Gasteiger partial charge in [0.15, 0.2) is 0 Å². The van der Waals surface area contributed by atoms with Crippen LogP contribution in [0, 0.1) is 12.7 Å². The molecule has 1 aliphatic heterocycles. The number of amides is 1. The van der Waals surface area contributed by atoms with Crippen molar-refractivity contribution in [1.82, 2.24) is 0 Å². The normalized spacial score (nSPS) is 20.6. The summed E-state index contributed by atoms with van der Waals surface area (Å²) in [5, 5.41) is 10.3. The third kappa shape index (κ3) is 2.50. The molecule has 0 saturated carbocycles. The lowest BCUT2D eigenvalue weighted by Crippen LogP contribution is -2.43. The fourth-order valence-corrected chi connectivity index (χ4v) is 2.99. The van der Waals surface area contributed by atoms with Crippen LogP contribution >= 0.6 is 0 Å². The van der Waals surface area contributed by atoms with Crippen LogP contribution in [0.25, 0.3) is 0 Å². The van der Waals surface area contributed by atoms with Gasteiger partial charge in [-0.15, -0.1) is 0 Å². The van der Waals surface area contributed by atoms with Gasteiger partial charge in [0.2, 0.25) is 0 Å². The number of carbonyl (C=O) groups excluding carboxylic acids is 1. The van der Waals surface area contributed by atoms with Crippen molar-refractivity contribution in [3.8, 4) is 0 Å². The molecule has 0 aliphatic carbocycles. The number of fused-ring (bicyclic) bond motifs is 1. The molecule has 2 aromatic carbocycles. The van der Waals surface area contributed by atoms with Gasteiger partial charge < -0.3 is 10.0 Å². The van der Waals surface area contributed by atoms with Gasteiger partial charge in [-0.3, -0.25) is 4.79 Å². The number of aliphatic hydroxyl groups is 1. The summed E-state index contributed by atoms with van der Waals surface area (Å²) in [6, 6.07) is 11.1. The molecule has 1 amide bonds. The highest BCUT2D eigenvalue weighted by atomic mass is 19.1. The highest BCUT2D eigenvalue weighted by molar-refractivity contribution is 6.07. The Labute approximate surface area is 129 Å².